The van der Waals surface area contributed by atoms with E-state index in [4.69, 9.17) is 5.73 Å². The predicted molar refractivity (Wildman–Crippen MR) is 71.0 cm³/mol. The van der Waals surface area contributed by atoms with Crippen molar-refractivity contribution in [2.45, 2.75) is 46.1 Å². The van der Waals surface area contributed by atoms with Crippen LogP contribution in [-0.2, 0) is 14.4 Å². The van der Waals surface area contributed by atoms with E-state index in [0.29, 0.717) is 19.3 Å². The third-order valence-corrected chi connectivity index (χ3v) is 4.10. The van der Waals surface area contributed by atoms with E-state index in [1.807, 2.05) is 20.8 Å². The normalized spacial score (nSPS) is 20.4. The van der Waals surface area contributed by atoms with Crippen molar-refractivity contribution in [3.63, 3.8) is 0 Å². The summed E-state index contributed by atoms with van der Waals surface area (Å²) >= 11 is 0. The van der Waals surface area contributed by atoms with Gasteiger partial charge in [-0.05, 0) is 19.3 Å². The van der Waals surface area contributed by atoms with E-state index >= 15 is 0 Å². The minimum absolute atomic E-state index is 0.0647. The zero-order chi connectivity index (χ0) is 14.6. The first kappa shape index (κ1) is 15.6. The maximum Gasteiger partial charge on any atom is 0.249 e. The van der Waals surface area contributed by atoms with Crippen LogP contribution in [0.4, 0.5) is 0 Å². The second kappa shape index (κ2) is 6.14. The summed E-state index contributed by atoms with van der Waals surface area (Å²) in [6, 6.07) is -0.575. The number of nitrogens with zero attached hydrogens (tertiary/aromatic N) is 1. The maximum absolute atomic E-state index is 12.7. The molecule has 0 aromatic carbocycles. The van der Waals surface area contributed by atoms with Gasteiger partial charge < -0.3 is 10.6 Å². The number of nitrogens with one attached hydrogen (secondary N) is 1. The number of carbonyl (C=O) groups excluding carboxylic acids is 3. The third-order valence-electron chi connectivity index (χ3n) is 4.10. The molecule has 1 atom stereocenters. The lowest BCUT2D eigenvalue weighted by Gasteiger charge is -2.40. The van der Waals surface area contributed by atoms with Crippen LogP contribution < -0.4 is 11.1 Å². The number of nitrogens with two attached hydrogens (primary N) is 1. The number of hydrogen-bond donors (Lipinski definition) is 2. The summed E-state index contributed by atoms with van der Waals surface area (Å²) in [6.07, 6.45) is 1.68. The minimum atomic E-state index is -0.675. The van der Waals surface area contributed by atoms with Crippen LogP contribution in [0.15, 0.2) is 0 Å². The Morgan fingerprint density at radius 3 is 2.37 bits per heavy atom. The van der Waals surface area contributed by atoms with Crippen molar-refractivity contribution in [2.75, 3.05) is 13.1 Å². The summed E-state index contributed by atoms with van der Waals surface area (Å²) in [5.74, 6) is -1.01. The molecule has 0 aromatic rings. The van der Waals surface area contributed by atoms with Crippen LogP contribution in [0.2, 0.25) is 0 Å². The van der Waals surface area contributed by atoms with Gasteiger partial charge in [0.25, 0.3) is 0 Å². The van der Waals surface area contributed by atoms with E-state index in [-0.39, 0.29) is 19.0 Å². The molecule has 108 valence electrons. The molecular weight excluding hydrogens is 246 g/mol. The lowest BCUT2D eigenvalue weighted by atomic mass is 9.80. The smallest absolute Gasteiger partial charge is 0.249 e. The van der Waals surface area contributed by atoms with E-state index in [9.17, 15) is 14.4 Å². The maximum atomic E-state index is 12.7. The molecular formula is C13H23N3O3. The number of imide groups is 1. The first-order valence-corrected chi connectivity index (χ1v) is 6.80. The van der Waals surface area contributed by atoms with Crippen molar-refractivity contribution >= 4 is 17.7 Å². The highest BCUT2D eigenvalue weighted by Gasteiger charge is 2.43. The molecule has 1 fully saturated rings. The van der Waals surface area contributed by atoms with Gasteiger partial charge in [0, 0.05) is 6.54 Å². The van der Waals surface area contributed by atoms with Gasteiger partial charge in [0.05, 0.1) is 5.41 Å². The number of hydrogen-bond acceptors (Lipinski definition) is 4. The van der Waals surface area contributed by atoms with Crippen LogP contribution in [0.5, 0.6) is 0 Å². The Kier molecular flexibility index (Phi) is 5.05. The quantitative estimate of drug-likeness (QED) is 0.688. The van der Waals surface area contributed by atoms with Gasteiger partial charge in [-0.25, -0.2) is 0 Å². The lowest BCUT2D eigenvalue weighted by molar-refractivity contribution is -0.156. The zero-order valence-corrected chi connectivity index (χ0v) is 11.9. The molecule has 3 N–H and O–H groups in total. The lowest BCUT2D eigenvalue weighted by Crippen LogP contribution is -2.62. The molecule has 3 amide bonds. The fourth-order valence-electron chi connectivity index (χ4n) is 2.52. The van der Waals surface area contributed by atoms with E-state index in [1.165, 1.54) is 4.90 Å². The summed E-state index contributed by atoms with van der Waals surface area (Å²) in [4.78, 5) is 37.3. The standard InChI is InChI=1S/C13H23N3O3/c1-4-9-11(18)15-10(17)7-16(9)12(19)13(5-2,6-3)8-14/h9H,4-8,14H2,1-3H3,(H,15,17,18). The van der Waals surface area contributed by atoms with Crippen LogP contribution in [0, 0.1) is 5.41 Å². The Hall–Kier alpha value is -1.43. The van der Waals surface area contributed by atoms with Crippen LogP contribution in [-0.4, -0.2) is 41.8 Å². The van der Waals surface area contributed by atoms with Gasteiger partial charge in [0.2, 0.25) is 17.7 Å². The molecule has 1 aliphatic rings. The second-order valence-electron chi connectivity index (χ2n) is 4.96. The van der Waals surface area contributed by atoms with Gasteiger partial charge in [-0.3, -0.25) is 19.7 Å². The van der Waals surface area contributed by atoms with E-state index in [0.717, 1.165) is 0 Å². The van der Waals surface area contributed by atoms with Gasteiger partial charge in [0.15, 0.2) is 0 Å². The molecule has 1 unspecified atom stereocenters. The highest BCUT2D eigenvalue weighted by atomic mass is 16.2. The minimum Gasteiger partial charge on any atom is -0.329 e. The van der Waals surface area contributed by atoms with Gasteiger partial charge in [0.1, 0.15) is 12.6 Å². The first-order valence-electron chi connectivity index (χ1n) is 6.80. The van der Waals surface area contributed by atoms with Crippen LogP contribution in [0.3, 0.4) is 0 Å². The molecule has 1 rings (SSSR count). The van der Waals surface area contributed by atoms with Crippen molar-refractivity contribution < 1.29 is 14.4 Å². The van der Waals surface area contributed by atoms with Crippen molar-refractivity contribution in [1.29, 1.82) is 0 Å². The van der Waals surface area contributed by atoms with Crippen LogP contribution in [0.25, 0.3) is 0 Å². The molecule has 0 radical (unpaired) electrons. The highest BCUT2D eigenvalue weighted by molar-refractivity contribution is 6.04. The van der Waals surface area contributed by atoms with Gasteiger partial charge in [-0.2, -0.15) is 0 Å². The summed E-state index contributed by atoms with van der Waals surface area (Å²) < 4.78 is 0. The number of piperazine rings is 1. The molecule has 6 heteroatoms. The fraction of sp³-hybridized carbons (Fsp3) is 0.769. The van der Waals surface area contributed by atoms with Crippen LogP contribution >= 0.6 is 0 Å². The average molecular weight is 269 g/mol. The monoisotopic (exact) mass is 269 g/mol. The average Bonchev–Trinajstić information content (AvgIpc) is 2.40. The largest absolute Gasteiger partial charge is 0.329 e. The SMILES string of the molecule is CCC1C(=O)NC(=O)CN1C(=O)C(CC)(CC)CN. The third kappa shape index (κ3) is 2.78. The molecule has 1 heterocycles. The van der Waals surface area contributed by atoms with E-state index in [2.05, 4.69) is 5.32 Å². The highest BCUT2D eigenvalue weighted by Crippen LogP contribution is 2.29. The van der Waals surface area contributed by atoms with Gasteiger partial charge in [-0.1, -0.05) is 20.8 Å². The van der Waals surface area contributed by atoms with Crippen molar-refractivity contribution in [3.8, 4) is 0 Å². The first-order chi connectivity index (χ1) is 8.95. The molecule has 0 spiro atoms. The van der Waals surface area contributed by atoms with Crippen LogP contribution in [0.1, 0.15) is 40.0 Å². The summed E-state index contributed by atoms with van der Waals surface area (Å²) in [5, 5.41) is 2.27. The Balaban J connectivity index is 3.06. The summed E-state index contributed by atoms with van der Waals surface area (Å²) in [6.45, 7) is 5.79. The molecule has 0 aliphatic carbocycles. The summed E-state index contributed by atoms with van der Waals surface area (Å²) in [7, 11) is 0. The number of rotatable bonds is 5. The Morgan fingerprint density at radius 2 is 1.95 bits per heavy atom. The van der Waals surface area contributed by atoms with Crippen molar-refractivity contribution in [3.05, 3.63) is 0 Å². The Morgan fingerprint density at radius 1 is 1.37 bits per heavy atom. The summed E-state index contributed by atoms with van der Waals surface area (Å²) in [5.41, 5.74) is 5.08. The number of carbonyl (C=O) groups is 3. The second-order valence-corrected chi connectivity index (χ2v) is 4.96. The zero-order valence-electron chi connectivity index (χ0n) is 11.9. The molecule has 6 nitrogen and oxygen atoms in total. The molecule has 0 aromatic heterocycles. The predicted octanol–water partition coefficient (Wildman–Crippen LogP) is 0.0151. The Bertz CT molecular complexity index is 369. The van der Waals surface area contributed by atoms with Crippen molar-refractivity contribution in [1.82, 2.24) is 10.2 Å². The molecule has 1 aliphatic heterocycles. The fourth-order valence-corrected chi connectivity index (χ4v) is 2.52. The molecule has 1 saturated heterocycles. The molecule has 19 heavy (non-hydrogen) atoms. The van der Waals surface area contributed by atoms with E-state index < -0.39 is 23.3 Å². The Labute approximate surface area is 113 Å². The molecule has 0 saturated carbocycles. The van der Waals surface area contributed by atoms with Crippen molar-refractivity contribution in [2.24, 2.45) is 11.1 Å². The topological polar surface area (TPSA) is 92.5 Å². The molecule has 0 bridgehead atoms. The number of amides is 3. The van der Waals surface area contributed by atoms with Gasteiger partial charge >= 0.3 is 0 Å². The van der Waals surface area contributed by atoms with Gasteiger partial charge in [-0.15, -0.1) is 0 Å². The van der Waals surface area contributed by atoms with E-state index in [1.54, 1.807) is 0 Å².